The number of imide groups is 1. The molecule has 2 aromatic heterocycles. The number of thioether (sulfide) groups is 1. The largest absolute Gasteiger partial charge is 0.469 e. The summed E-state index contributed by atoms with van der Waals surface area (Å²) in [5.74, 6) is 0.418. The van der Waals surface area contributed by atoms with Gasteiger partial charge in [-0.1, -0.05) is 27.3 Å². The minimum atomic E-state index is -0.298. The van der Waals surface area contributed by atoms with Crippen LogP contribution in [0.4, 0.5) is 5.69 Å². The second-order valence-electron chi connectivity index (χ2n) is 8.96. The van der Waals surface area contributed by atoms with Crippen molar-refractivity contribution in [1.29, 1.82) is 0 Å². The van der Waals surface area contributed by atoms with Gasteiger partial charge in [0.15, 0.2) is 0 Å². The molecule has 0 unspecified atom stereocenters. The number of halogens is 1. The molecule has 2 bridgehead atoms. The predicted octanol–water partition coefficient (Wildman–Crippen LogP) is 4.47. The lowest BCUT2D eigenvalue weighted by Gasteiger charge is -2.42. The normalized spacial score (nSPS) is 34.7. The lowest BCUT2D eigenvalue weighted by Crippen LogP contribution is -2.42. The third kappa shape index (κ3) is 2.44. The number of nitrogens with zero attached hydrogens (tertiary/aromatic N) is 1. The third-order valence-corrected chi connectivity index (χ3v) is 10.8. The van der Waals surface area contributed by atoms with Crippen LogP contribution in [-0.4, -0.2) is 22.0 Å². The van der Waals surface area contributed by atoms with Gasteiger partial charge in [0, 0.05) is 9.72 Å². The van der Waals surface area contributed by atoms with Crippen LogP contribution in [-0.2, 0) is 9.59 Å². The first kappa shape index (κ1) is 19.4. The Morgan fingerprint density at radius 1 is 1.03 bits per heavy atom. The quantitative estimate of drug-likeness (QED) is 0.496. The summed E-state index contributed by atoms with van der Waals surface area (Å²) in [6.07, 6.45) is 2.54. The van der Waals surface area contributed by atoms with Gasteiger partial charge in [0.1, 0.15) is 5.76 Å². The fourth-order valence-corrected chi connectivity index (χ4v) is 9.78. The maximum atomic E-state index is 13.6. The van der Waals surface area contributed by atoms with E-state index in [1.54, 1.807) is 18.0 Å². The van der Waals surface area contributed by atoms with Crippen molar-refractivity contribution < 1.29 is 14.0 Å². The number of benzene rings is 1. The molecule has 7 atom stereocenters. The molecule has 4 aliphatic rings. The Hall–Kier alpha value is -2.10. The maximum Gasteiger partial charge on any atom is 0.305 e. The van der Waals surface area contributed by atoms with Gasteiger partial charge in [0.25, 0.3) is 0 Å². The van der Waals surface area contributed by atoms with Crippen molar-refractivity contribution in [3.8, 4) is 0 Å². The molecule has 32 heavy (non-hydrogen) atoms. The summed E-state index contributed by atoms with van der Waals surface area (Å²) >= 11 is 6.35. The summed E-state index contributed by atoms with van der Waals surface area (Å²) in [4.78, 5) is 44.6. The van der Waals surface area contributed by atoms with E-state index in [4.69, 9.17) is 4.42 Å². The molecular formula is C23H17BrN2O4S2. The molecule has 2 amide bonds. The highest BCUT2D eigenvalue weighted by atomic mass is 79.9. The molecule has 3 aromatic rings. The molecule has 1 saturated heterocycles. The van der Waals surface area contributed by atoms with Gasteiger partial charge in [-0.05, 0) is 60.6 Å². The number of H-pyrrole nitrogens is 1. The molecular weight excluding hydrogens is 512 g/mol. The highest BCUT2D eigenvalue weighted by Crippen LogP contribution is 2.68. The van der Waals surface area contributed by atoms with Crippen LogP contribution >= 0.6 is 39.0 Å². The lowest BCUT2D eigenvalue weighted by atomic mass is 9.69. The van der Waals surface area contributed by atoms with E-state index in [2.05, 4.69) is 20.9 Å². The summed E-state index contributed by atoms with van der Waals surface area (Å²) < 4.78 is 6.74. The molecule has 1 aromatic carbocycles. The van der Waals surface area contributed by atoms with E-state index in [-0.39, 0.29) is 57.4 Å². The highest BCUT2D eigenvalue weighted by molar-refractivity contribution is 9.10. The van der Waals surface area contributed by atoms with Gasteiger partial charge < -0.3 is 9.40 Å². The zero-order valence-electron chi connectivity index (χ0n) is 16.6. The maximum absolute atomic E-state index is 13.6. The minimum Gasteiger partial charge on any atom is -0.469 e. The monoisotopic (exact) mass is 528 g/mol. The number of rotatable bonds is 2. The molecule has 2 aliphatic carbocycles. The molecule has 7 rings (SSSR count). The smallest absolute Gasteiger partial charge is 0.305 e. The van der Waals surface area contributed by atoms with Crippen LogP contribution in [0, 0.1) is 29.6 Å². The molecule has 0 radical (unpaired) electrons. The van der Waals surface area contributed by atoms with Crippen LogP contribution in [0.15, 0.2) is 61.4 Å². The number of fused-ring (bicyclic) bond motifs is 9. The van der Waals surface area contributed by atoms with E-state index in [1.807, 2.05) is 36.4 Å². The Kier molecular flexibility index (Phi) is 4.06. The summed E-state index contributed by atoms with van der Waals surface area (Å²) in [5.41, 5.74) is 0.638. The van der Waals surface area contributed by atoms with Gasteiger partial charge in [-0.25, -0.2) is 0 Å². The molecule has 162 valence electrons. The van der Waals surface area contributed by atoms with Gasteiger partial charge in [0.2, 0.25) is 11.8 Å². The number of hydrogen-bond acceptors (Lipinski definition) is 6. The van der Waals surface area contributed by atoms with E-state index in [0.29, 0.717) is 5.69 Å². The highest BCUT2D eigenvalue weighted by Gasteiger charge is 2.70. The van der Waals surface area contributed by atoms with Crippen LogP contribution in [0.3, 0.4) is 0 Å². The SMILES string of the molecule is O=C1[C@H]2[C@H]3C[C@@H]([C@@H]2C(=O)N1c1ccc(Br)cc1)[C@H]1[C@H](c2ccco2)c2sc(=O)[nH]c2S[C@H]31. The number of carbonyl (C=O) groups is 2. The third-order valence-electron chi connectivity index (χ3n) is 7.66. The average molecular weight is 529 g/mol. The van der Waals surface area contributed by atoms with Gasteiger partial charge in [-0.3, -0.25) is 19.3 Å². The first-order valence-corrected chi connectivity index (χ1v) is 13.1. The van der Waals surface area contributed by atoms with Crippen LogP contribution in [0.2, 0.25) is 0 Å². The number of anilines is 1. The van der Waals surface area contributed by atoms with Gasteiger partial charge in [0.05, 0.1) is 39.6 Å². The van der Waals surface area contributed by atoms with E-state index < -0.39 is 0 Å². The van der Waals surface area contributed by atoms with Gasteiger partial charge in [-0.2, -0.15) is 0 Å². The standard InChI is InChI=1S/C23H17BrN2O4S2/c24-9-3-5-10(6-4-9)26-21(27)15-11-8-12(16(15)22(26)28)18-14(11)17(13-2-1-7-30-13)19-20(31-18)25-23(29)32-19/h1-7,11-12,14-18H,8H2,(H,25,29)/t11-,12-,14+,15+,16+,17+,18-/m1/s1. The zero-order valence-corrected chi connectivity index (χ0v) is 19.8. The first-order valence-electron chi connectivity index (χ1n) is 10.6. The molecule has 0 spiro atoms. The average Bonchev–Trinajstić information content (AvgIpc) is 3.57. The topological polar surface area (TPSA) is 83.4 Å². The lowest BCUT2D eigenvalue weighted by molar-refractivity contribution is -0.123. The Bertz CT molecular complexity index is 1310. The Labute approximate surface area is 199 Å². The van der Waals surface area contributed by atoms with Crippen LogP contribution in [0.1, 0.15) is 23.0 Å². The molecule has 6 nitrogen and oxygen atoms in total. The number of aromatic amines is 1. The molecule has 4 heterocycles. The fourth-order valence-electron chi connectivity index (χ4n) is 6.65. The van der Waals surface area contributed by atoms with Crippen molar-refractivity contribution in [2.45, 2.75) is 22.6 Å². The number of nitrogens with one attached hydrogen (secondary N) is 1. The number of carbonyl (C=O) groups excluding carboxylic acids is 2. The predicted molar refractivity (Wildman–Crippen MR) is 124 cm³/mol. The molecule has 2 saturated carbocycles. The molecule has 3 fully saturated rings. The summed E-state index contributed by atoms with van der Waals surface area (Å²) in [6, 6.07) is 11.2. The zero-order chi connectivity index (χ0) is 21.7. The Morgan fingerprint density at radius 3 is 2.50 bits per heavy atom. The number of amides is 2. The summed E-state index contributed by atoms with van der Waals surface area (Å²) in [5, 5.41) is 1.07. The van der Waals surface area contributed by atoms with Crippen molar-refractivity contribution in [3.05, 3.63) is 67.4 Å². The van der Waals surface area contributed by atoms with Gasteiger partial charge >= 0.3 is 4.87 Å². The summed E-state index contributed by atoms with van der Waals surface area (Å²) in [7, 11) is 0. The molecule has 9 heteroatoms. The Morgan fingerprint density at radius 2 is 1.78 bits per heavy atom. The van der Waals surface area contributed by atoms with Crippen LogP contribution in [0.25, 0.3) is 0 Å². The number of hydrogen-bond donors (Lipinski definition) is 1. The molecule has 2 aliphatic heterocycles. The summed E-state index contributed by atoms with van der Waals surface area (Å²) in [6.45, 7) is 0. The van der Waals surface area contributed by atoms with Crippen molar-refractivity contribution in [3.63, 3.8) is 0 Å². The van der Waals surface area contributed by atoms with Crippen molar-refractivity contribution in [2.24, 2.45) is 29.6 Å². The number of thiazole rings is 1. The second kappa shape index (κ2) is 6.71. The van der Waals surface area contributed by atoms with Crippen molar-refractivity contribution in [1.82, 2.24) is 4.98 Å². The number of aromatic nitrogens is 1. The van der Waals surface area contributed by atoms with Crippen LogP contribution in [0.5, 0.6) is 0 Å². The van der Waals surface area contributed by atoms with E-state index >= 15 is 0 Å². The minimum absolute atomic E-state index is 0.0595. The van der Waals surface area contributed by atoms with E-state index in [0.717, 1.165) is 26.6 Å². The van der Waals surface area contributed by atoms with Gasteiger partial charge in [-0.15, -0.1) is 11.8 Å². The van der Waals surface area contributed by atoms with E-state index in [1.165, 1.54) is 16.2 Å². The van der Waals surface area contributed by atoms with Crippen LogP contribution < -0.4 is 9.77 Å². The van der Waals surface area contributed by atoms with Crippen molar-refractivity contribution >= 4 is 56.5 Å². The first-order chi connectivity index (χ1) is 15.5. The Balaban J connectivity index is 1.32. The molecule has 1 N–H and O–H groups in total. The van der Waals surface area contributed by atoms with E-state index in [9.17, 15) is 14.4 Å². The second-order valence-corrected chi connectivity index (χ2v) is 12.1. The fraction of sp³-hybridized carbons (Fsp3) is 0.348. The number of furan rings is 1. The van der Waals surface area contributed by atoms with Crippen molar-refractivity contribution in [2.75, 3.05) is 4.90 Å².